The van der Waals surface area contributed by atoms with Gasteiger partial charge in [-0.3, -0.25) is 9.59 Å². The van der Waals surface area contributed by atoms with E-state index in [0.29, 0.717) is 29.7 Å². The highest BCUT2D eigenvalue weighted by atomic mass is 16.5. The molecule has 0 saturated heterocycles. The lowest BCUT2D eigenvalue weighted by Crippen LogP contribution is -2.32. The van der Waals surface area contributed by atoms with Crippen molar-refractivity contribution < 1.29 is 13.9 Å². The van der Waals surface area contributed by atoms with Crippen molar-refractivity contribution in [1.82, 2.24) is 9.80 Å². The van der Waals surface area contributed by atoms with Gasteiger partial charge < -0.3 is 19.0 Å². The predicted octanol–water partition coefficient (Wildman–Crippen LogP) is 3.69. The second-order valence-electron chi connectivity index (χ2n) is 7.73. The maximum Gasteiger partial charge on any atom is 0.290 e. The summed E-state index contributed by atoms with van der Waals surface area (Å²) in [5.41, 5.74) is 1.59. The fourth-order valence-corrected chi connectivity index (χ4v) is 4.01. The van der Waals surface area contributed by atoms with Gasteiger partial charge in [-0.25, -0.2) is 0 Å². The Morgan fingerprint density at radius 3 is 2.50 bits per heavy atom. The summed E-state index contributed by atoms with van der Waals surface area (Å²) in [5, 5.41) is 0.495. The molecule has 0 radical (unpaired) electrons. The molecular formula is C24H26N2O4. The lowest BCUT2D eigenvalue weighted by atomic mass is 9.98. The number of hydrogen-bond acceptors (Lipinski definition) is 5. The van der Waals surface area contributed by atoms with Gasteiger partial charge in [0.25, 0.3) is 5.91 Å². The molecular weight excluding hydrogens is 380 g/mol. The second kappa shape index (κ2) is 8.32. The van der Waals surface area contributed by atoms with E-state index in [1.165, 1.54) is 0 Å². The lowest BCUT2D eigenvalue weighted by molar-refractivity contribution is 0.0722. The first-order valence-electron chi connectivity index (χ1n) is 10.3. The van der Waals surface area contributed by atoms with Gasteiger partial charge in [0.1, 0.15) is 11.3 Å². The smallest absolute Gasteiger partial charge is 0.290 e. The van der Waals surface area contributed by atoms with Crippen LogP contribution in [-0.4, -0.2) is 49.5 Å². The number of carbonyl (C=O) groups is 1. The molecule has 0 saturated carbocycles. The molecule has 4 rings (SSSR count). The highest BCUT2D eigenvalue weighted by molar-refractivity contribution is 5.99. The first-order chi connectivity index (χ1) is 14.5. The van der Waals surface area contributed by atoms with Crippen LogP contribution in [0.2, 0.25) is 0 Å². The zero-order valence-corrected chi connectivity index (χ0v) is 17.6. The van der Waals surface area contributed by atoms with Crippen molar-refractivity contribution in [2.45, 2.75) is 19.4 Å². The fraction of sp³-hybridized carbons (Fsp3) is 0.333. The minimum absolute atomic E-state index is 0.144. The van der Waals surface area contributed by atoms with Gasteiger partial charge in [0.15, 0.2) is 5.43 Å². The number of benzene rings is 2. The fourth-order valence-electron chi connectivity index (χ4n) is 4.01. The van der Waals surface area contributed by atoms with E-state index < -0.39 is 6.04 Å². The molecule has 6 heteroatoms. The molecule has 1 amide bonds. The largest absolute Gasteiger partial charge is 0.494 e. The normalized spacial score (nSPS) is 15.8. The van der Waals surface area contributed by atoms with E-state index in [1.807, 2.05) is 51.4 Å². The average Bonchev–Trinajstić information content (AvgIpc) is 3.01. The number of nitrogens with zero attached hydrogens (tertiary/aromatic N) is 2. The first-order valence-corrected chi connectivity index (χ1v) is 10.3. The van der Waals surface area contributed by atoms with Crippen LogP contribution in [-0.2, 0) is 0 Å². The summed E-state index contributed by atoms with van der Waals surface area (Å²) in [6, 6.07) is 14.2. The molecule has 30 heavy (non-hydrogen) atoms. The van der Waals surface area contributed by atoms with Crippen LogP contribution in [0.25, 0.3) is 11.0 Å². The van der Waals surface area contributed by atoms with Crippen LogP contribution in [0.1, 0.15) is 41.1 Å². The Labute approximate surface area is 175 Å². The highest BCUT2D eigenvalue weighted by Gasteiger charge is 2.42. The number of para-hydroxylation sites is 1. The Morgan fingerprint density at radius 1 is 1.07 bits per heavy atom. The maximum absolute atomic E-state index is 13.4. The third-order valence-corrected chi connectivity index (χ3v) is 5.38. The average molecular weight is 406 g/mol. The van der Waals surface area contributed by atoms with Crippen LogP contribution in [0.15, 0.2) is 57.7 Å². The number of ether oxygens (including phenoxy) is 1. The van der Waals surface area contributed by atoms with E-state index in [4.69, 9.17) is 9.15 Å². The summed E-state index contributed by atoms with van der Waals surface area (Å²) in [4.78, 5) is 30.5. The Morgan fingerprint density at radius 2 is 1.80 bits per heavy atom. The number of amides is 1. The molecule has 1 aromatic heterocycles. The third-order valence-electron chi connectivity index (χ3n) is 5.38. The van der Waals surface area contributed by atoms with E-state index in [2.05, 4.69) is 4.90 Å². The molecule has 0 N–H and O–H groups in total. The lowest BCUT2D eigenvalue weighted by Gasteiger charge is -2.26. The maximum atomic E-state index is 13.4. The van der Waals surface area contributed by atoms with Crippen molar-refractivity contribution >= 4 is 16.9 Å². The topological polar surface area (TPSA) is 63.0 Å². The van der Waals surface area contributed by atoms with Gasteiger partial charge in [-0.1, -0.05) is 24.3 Å². The van der Waals surface area contributed by atoms with Gasteiger partial charge >= 0.3 is 0 Å². The highest BCUT2D eigenvalue weighted by Crippen LogP contribution is 2.38. The van der Waals surface area contributed by atoms with Crippen molar-refractivity contribution in [3.8, 4) is 5.75 Å². The third kappa shape index (κ3) is 3.59. The number of carbonyl (C=O) groups excluding carboxylic acids is 1. The van der Waals surface area contributed by atoms with E-state index in [-0.39, 0.29) is 17.1 Å². The minimum atomic E-state index is -0.466. The zero-order valence-electron chi connectivity index (χ0n) is 17.6. The van der Waals surface area contributed by atoms with Gasteiger partial charge in [0.2, 0.25) is 5.76 Å². The summed E-state index contributed by atoms with van der Waals surface area (Å²) >= 11 is 0. The molecule has 0 unspecified atom stereocenters. The molecule has 0 bridgehead atoms. The van der Waals surface area contributed by atoms with Gasteiger partial charge in [0, 0.05) is 6.54 Å². The van der Waals surface area contributed by atoms with E-state index in [1.54, 1.807) is 23.1 Å². The molecule has 2 heterocycles. The molecule has 2 aromatic carbocycles. The summed E-state index contributed by atoms with van der Waals surface area (Å²) in [6.07, 6.45) is 0.800. The van der Waals surface area contributed by atoms with Crippen molar-refractivity contribution in [3.63, 3.8) is 0 Å². The van der Waals surface area contributed by atoms with E-state index >= 15 is 0 Å². The van der Waals surface area contributed by atoms with Crippen molar-refractivity contribution in [2.75, 3.05) is 33.8 Å². The molecule has 0 fully saturated rings. The van der Waals surface area contributed by atoms with Crippen LogP contribution in [0, 0.1) is 0 Å². The van der Waals surface area contributed by atoms with Crippen LogP contribution >= 0.6 is 0 Å². The predicted molar refractivity (Wildman–Crippen MR) is 116 cm³/mol. The van der Waals surface area contributed by atoms with Gasteiger partial charge in [0.05, 0.1) is 23.6 Å². The minimum Gasteiger partial charge on any atom is -0.494 e. The molecule has 1 aliphatic rings. The van der Waals surface area contributed by atoms with E-state index in [0.717, 1.165) is 24.3 Å². The molecule has 0 spiro atoms. The Balaban J connectivity index is 1.82. The Hall–Kier alpha value is -3.12. The first kappa shape index (κ1) is 20.2. The van der Waals surface area contributed by atoms with Crippen molar-refractivity contribution in [1.29, 1.82) is 0 Å². The zero-order chi connectivity index (χ0) is 21.3. The van der Waals surface area contributed by atoms with Gasteiger partial charge in [-0.2, -0.15) is 0 Å². The second-order valence-corrected chi connectivity index (χ2v) is 7.73. The standard InChI is InChI=1S/C24H26N2O4/c1-4-29-17-12-10-16(11-13-17)21-20-22(27)18-8-5-6-9-19(18)30-23(20)24(28)26(21)15-7-14-25(2)3/h5-6,8-13,21H,4,7,14-15H2,1-3H3/t21-/m0/s1. The monoisotopic (exact) mass is 406 g/mol. The number of fused-ring (bicyclic) bond motifs is 2. The molecule has 1 atom stereocenters. The quantitative estimate of drug-likeness (QED) is 0.599. The summed E-state index contributed by atoms with van der Waals surface area (Å²) in [5.74, 6) is 0.684. The number of hydrogen-bond donors (Lipinski definition) is 0. The summed E-state index contributed by atoms with van der Waals surface area (Å²) in [7, 11) is 4.00. The Bertz CT molecular complexity index is 1120. The molecule has 6 nitrogen and oxygen atoms in total. The van der Waals surface area contributed by atoms with Crippen LogP contribution in [0.5, 0.6) is 5.75 Å². The van der Waals surface area contributed by atoms with Crippen molar-refractivity contribution in [3.05, 3.63) is 75.6 Å². The van der Waals surface area contributed by atoms with Crippen LogP contribution in [0.3, 0.4) is 0 Å². The molecule has 156 valence electrons. The summed E-state index contributed by atoms with van der Waals surface area (Å²) in [6.45, 7) is 3.90. The molecule has 1 aliphatic heterocycles. The van der Waals surface area contributed by atoms with Crippen molar-refractivity contribution in [2.24, 2.45) is 0 Å². The van der Waals surface area contributed by atoms with Gasteiger partial charge in [-0.15, -0.1) is 0 Å². The molecule has 0 aliphatic carbocycles. The Kier molecular flexibility index (Phi) is 5.59. The van der Waals surface area contributed by atoms with Crippen LogP contribution in [0.4, 0.5) is 0 Å². The van der Waals surface area contributed by atoms with Crippen LogP contribution < -0.4 is 10.2 Å². The van der Waals surface area contributed by atoms with Gasteiger partial charge in [-0.05, 0) is 63.8 Å². The van der Waals surface area contributed by atoms with E-state index in [9.17, 15) is 9.59 Å². The SMILES string of the molecule is CCOc1ccc([C@H]2c3c(oc4ccccc4c3=O)C(=O)N2CCCN(C)C)cc1. The number of rotatable bonds is 7. The molecule has 3 aromatic rings. The summed E-state index contributed by atoms with van der Waals surface area (Å²) < 4.78 is 11.5.